The molecule has 1 aromatic heterocycles. The van der Waals surface area contributed by atoms with Crippen LogP contribution in [0.15, 0.2) is 54.7 Å². The number of nitrogens with zero attached hydrogens (tertiary/aromatic N) is 2. The van der Waals surface area contributed by atoms with Crippen LogP contribution in [-0.4, -0.2) is 27.8 Å². The summed E-state index contributed by atoms with van der Waals surface area (Å²) in [5.74, 6) is 1.05. The van der Waals surface area contributed by atoms with Crippen LogP contribution in [0.4, 0.5) is 0 Å². The molecule has 2 amide bonds. The van der Waals surface area contributed by atoms with Crippen molar-refractivity contribution in [3.63, 3.8) is 0 Å². The number of carbonyl (C=O) groups excluding carboxylic acids is 2. The fourth-order valence-corrected chi connectivity index (χ4v) is 4.84. The van der Waals surface area contributed by atoms with Crippen molar-refractivity contribution in [2.45, 2.75) is 46.1 Å². The number of benzene rings is 1. The zero-order chi connectivity index (χ0) is 22.4. The summed E-state index contributed by atoms with van der Waals surface area (Å²) in [6.45, 7) is 6.86. The van der Waals surface area contributed by atoms with E-state index < -0.39 is 11.9 Å². The average Bonchev–Trinajstić information content (AvgIpc) is 2.79. The zero-order valence-electron chi connectivity index (χ0n) is 18.5. The van der Waals surface area contributed by atoms with Gasteiger partial charge in [0.05, 0.1) is 6.04 Å². The van der Waals surface area contributed by atoms with Crippen molar-refractivity contribution in [3.05, 3.63) is 66.0 Å². The molecule has 0 unspecified atom stereocenters. The summed E-state index contributed by atoms with van der Waals surface area (Å²) >= 11 is 6.53. The highest BCUT2D eigenvalue weighted by molar-refractivity contribution is 6.24. The highest BCUT2D eigenvalue weighted by Crippen LogP contribution is 2.38. The molecule has 0 spiro atoms. The molecule has 0 saturated heterocycles. The first-order valence-corrected chi connectivity index (χ1v) is 11.4. The third-order valence-electron chi connectivity index (χ3n) is 6.36. The van der Waals surface area contributed by atoms with Gasteiger partial charge in [0.1, 0.15) is 5.69 Å². The quantitative estimate of drug-likeness (QED) is 0.597. The number of amides is 2. The Hall–Kier alpha value is -2.40. The zero-order valence-corrected chi connectivity index (χ0v) is 19.3. The molecule has 1 heterocycles. The Kier molecular flexibility index (Phi) is 8.08. The maximum Gasteiger partial charge on any atom is 0.287 e. The average molecular weight is 442 g/mol. The summed E-state index contributed by atoms with van der Waals surface area (Å²) in [7, 11) is 0. The van der Waals surface area contributed by atoms with Crippen molar-refractivity contribution in [1.29, 1.82) is 0 Å². The van der Waals surface area contributed by atoms with E-state index in [-0.39, 0.29) is 24.1 Å². The number of pyridine rings is 1. The standard InChI is InChI=1S/C25H32ClN3O2/c1-17(2)20-13-12-18(3)15-21(20)24(30)28-16-23(19-9-5-4-6-10-19)29(26)25(31)22-11-7-8-14-27-22/h4-11,14,17-18,20-21,23H,12-13,15-16H2,1-3H3,(H,28,30)/t18-,20+,21-,23-/m1/s1. The predicted molar refractivity (Wildman–Crippen MR) is 123 cm³/mol. The molecule has 0 radical (unpaired) electrons. The van der Waals surface area contributed by atoms with Gasteiger partial charge in [-0.25, -0.2) is 4.42 Å². The van der Waals surface area contributed by atoms with Crippen molar-refractivity contribution in [1.82, 2.24) is 14.7 Å². The maximum atomic E-state index is 13.2. The van der Waals surface area contributed by atoms with Crippen molar-refractivity contribution in [2.24, 2.45) is 23.7 Å². The van der Waals surface area contributed by atoms with Crippen LogP contribution in [0.25, 0.3) is 0 Å². The van der Waals surface area contributed by atoms with Crippen LogP contribution in [-0.2, 0) is 4.79 Å². The molecule has 166 valence electrons. The van der Waals surface area contributed by atoms with Crippen molar-refractivity contribution in [3.8, 4) is 0 Å². The number of halogens is 1. The molecular weight excluding hydrogens is 410 g/mol. The lowest BCUT2D eigenvalue weighted by molar-refractivity contribution is -0.129. The second kappa shape index (κ2) is 10.8. The van der Waals surface area contributed by atoms with Crippen molar-refractivity contribution < 1.29 is 9.59 Å². The van der Waals surface area contributed by atoms with Gasteiger partial charge in [-0.3, -0.25) is 14.6 Å². The molecule has 1 aliphatic carbocycles. The van der Waals surface area contributed by atoms with Gasteiger partial charge in [0, 0.05) is 30.4 Å². The second-order valence-corrected chi connectivity index (χ2v) is 9.30. The molecule has 31 heavy (non-hydrogen) atoms. The van der Waals surface area contributed by atoms with Gasteiger partial charge in [0.25, 0.3) is 5.91 Å². The van der Waals surface area contributed by atoms with E-state index in [1.165, 1.54) is 6.42 Å². The first kappa shape index (κ1) is 23.3. The molecule has 4 atom stereocenters. The van der Waals surface area contributed by atoms with Gasteiger partial charge in [-0.1, -0.05) is 63.6 Å². The number of hydrogen-bond donors (Lipinski definition) is 1. The van der Waals surface area contributed by atoms with Crippen LogP contribution in [0.2, 0.25) is 0 Å². The summed E-state index contributed by atoms with van der Waals surface area (Å²) in [5, 5.41) is 3.11. The van der Waals surface area contributed by atoms with Gasteiger partial charge < -0.3 is 5.32 Å². The lowest BCUT2D eigenvalue weighted by Gasteiger charge is -2.37. The fourth-order valence-electron chi connectivity index (χ4n) is 4.58. The van der Waals surface area contributed by atoms with Gasteiger partial charge >= 0.3 is 0 Å². The van der Waals surface area contributed by atoms with E-state index in [1.54, 1.807) is 24.4 Å². The smallest absolute Gasteiger partial charge is 0.287 e. The molecule has 1 fully saturated rings. The summed E-state index contributed by atoms with van der Waals surface area (Å²) in [5.41, 5.74) is 1.13. The van der Waals surface area contributed by atoms with E-state index in [0.717, 1.165) is 22.8 Å². The summed E-state index contributed by atoms with van der Waals surface area (Å²) in [6.07, 6.45) is 4.72. The number of nitrogens with one attached hydrogen (secondary N) is 1. The number of rotatable bonds is 7. The van der Waals surface area contributed by atoms with Gasteiger partial charge in [0.15, 0.2) is 0 Å². The maximum absolute atomic E-state index is 13.2. The highest BCUT2D eigenvalue weighted by Gasteiger charge is 2.36. The Labute approximate surface area is 190 Å². The lowest BCUT2D eigenvalue weighted by atomic mass is 9.70. The first-order chi connectivity index (χ1) is 14.9. The topological polar surface area (TPSA) is 62.3 Å². The Balaban J connectivity index is 1.76. The van der Waals surface area contributed by atoms with E-state index in [4.69, 9.17) is 11.8 Å². The molecule has 1 N–H and O–H groups in total. The van der Waals surface area contributed by atoms with E-state index >= 15 is 0 Å². The van der Waals surface area contributed by atoms with Crippen molar-refractivity contribution in [2.75, 3.05) is 6.54 Å². The van der Waals surface area contributed by atoms with Gasteiger partial charge in [-0.15, -0.1) is 0 Å². The molecule has 5 nitrogen and oxygen atoms in total. The largest absolute Gasteiger partial charge is 0.353 e. The molecule has 6 heteroatoms. The highest BCUT2D eigenvalue weighted by atomic mass is 35.5. The van der Waals surface area contributed by atoms with Crippen LogP contribution >= 0.6 is 11.8 Å². The van der Waals surface area contributed by atoms with Crippen LogP contribution in [0.1, 0.15) is 62.1 Å². The normalized spacial score (nSPS) is 22.0. The SMILES string of the molecule is CC(C)[C@@H]1CC[C@@H](C)C[C@H]1C(=O)NC[C@H](c1ccccc1)N(Cl)C(=O)c1ccccn1. The molecule has 1 aromatic carbocycles. The molecule has 3 rings (SSSR count). The Morgan fingerprint density at radius 3 is 2.48 bits per heavy atom. The van der Waals surface area contributed by atoms with Crippen LogP contribution in [0.3, 0.4) is 0 Å². The summed E-state index contributed by atoms with van der Waals surface area (Å²) in [4.78, 5) is 30.2. The molecule has 1 saturated carbocycles. The Bertz CT molecular complexity index is 860. The van der Waals surface area contributed by atoms with Gasteiger partial charge in [0.2, 0.25) is 5.91 Å². The molecular formula is C25H32ClN3O2. The lowest BCUT2D eigenvalue weighted by Crippen LogP contribution is -2.43. The van der Waals surface area contributed by atoms with Crippen LogP contribution < -0.4 is 5.32 Å². The minimum absolute atomic E-state index is 0.00422. The summed E-state index contributed by atoms with van der Waals surface area (Å²) < 4.78 is 1.15. The number of aromatic nitrogens is 1. The Morgan fingerprint density at radius 1 is 1.13 bits per heavy atom. The van der Waals surface area contributed by atoms with Crippen LogP contribution in [0.5, 0.6) is 0 Å². The minimum atomic E-state index is -0.500. The van der Waals surface area contributed by atoms with Crippen molar-refractivity contribution >= 4 is 23.6 Å². The molecule has 1 aliphatic rings. The predicted octanol–water partition coefficient (Wildman–Crippen LogP) is 5.24. The van der Waals surface area contributed by atoms with Crippen LogP contribution in [0, 0.1) is 23.7 Å². The second-order valence-electron chi connectivity index (χ2n) is 8.94. The molecule has 2 aromatic rings. The van der Waals surface area contributed by atoms with E-state index in [2.05, 4.69) is 31.1 Å². The first-order valence-electron chi connectivity index (χ1n) is 11.1. The van der Waals surface area contributed by atoms with E-state index in [1.807, 2.05) is 30.3 Å². The van der Waals surface area contributed by atoms with E-state index in [9.17, 15) is 9.59 Å². The summed E-state index contributed by atoms with van der Waals surface area (Å²) in [6, 6.07) is 14.2. The van der Waals surface area contributed by atoms with Gasteiger partial charge in [-0.2, -0.15) is 0 Å². The number of carbonyl (C=O) groups is 2. The number of hydrogen-bond acceptors (Lipinski definition) is 3. The minimum Gasteiger partial charge on any atom is -0.353 e. The monoisotopic (exact) mass is 441 g/mol. The molecule has 0 aliphatic heterocycles. The third kappa shape index (κ3) is 5.85. The molecule has 0 bridgehead atoms. The fraction of sp³-hybridized carbons (Fsp3) is 0.480. The third-order valence-corrected chi connectivity index (χ3v) is 6.75. The van der Waals surface area contributed by atoms with Gasteiger partial charge in [-0.05, 0) is 48.3 Å². The van der Waals surface area contributed by atoms with E-state index in [0.29, 0.717) is 17.8 Å². The Morgan fingerprint density at radius 2 is 1.84 bits per heavy atom.